The van der Waals surface area contributed by atoms with Crippen molar-refractivity contribution < 1.29 is 29.0 Å². The van der Waals surface area contributed by atoms with Gasteiger partial charge >= 0.3 is 17.9 Å². The molecule has 0 amide bonds. The molecule has 0 aromatic heterocycles. The molecule has 4 rings (SSSR count). The molecule has 6 heteroatoms. The van der Waals surface area contributed by atoms with Crippen LogP contribution in [-0.4, -0.2) is 34.2 Å². The zero-order valence-corrected chi connectivity index (χ0v) is 15.6. The molecule has 0 aromatic carbocycles. The molecule has 0 radical (unpaired) electrons. The van der Waals surface area contributed by atoms with E-state index in [4.69, 9.17) is 14.6 Å². The lowest BCUT2D eigenvalue weighted by molar-refractivity contribution is -0.295. The third-order valence-electron chi connectivity index (χ3n) is 7.92. The summed E-state index contributed by atoms with van der Waals surface area (Å²) < 4.78 is 11.7. The van der Waals surface area contributed by atoms with Crippen LogP contribution in [0.1, 0.15) is 59.3 Å². The Morgan fingerprint density at radius 3 is 2.42 bits per heavy atom. The largest absolute Gasteiger partial charge is 0.481 e. The van der Waals surface area contributed by atoms with Crippen molar-refractivity contribution in [2.45, 2.75) is 70.5 Å². The lowest BCUT2D eigenvalue weighted by atomic mass is 9.36. The fraction of sp³-hybridized carbons (Fsp3) is 0.750. The molecule has 1 N–H and O–H groups in total. The van der Waals surface area contributed by atoms with Gasteiger partial charge in [-0.05, 0) is 64.7 Å². The predicted octanol–water partition coefficient (Wildman–Crippen LogP) is 2.85. The van der Waals surface area contributed by atoms with Gasteiger partial charge in [-0.2, -0.15) is 0 Å². The summed E-state index contributed by atoms with van der Waals surface area (Å²) in [5.41, 5.74) is -1.11. The van der Waals surface area contributed by atoms with Crippen molar-refractivity contribution in [1.29, 1.82) is 0 Å². The number of ether oxygens (including phenoxy) is 2. The molecule has 4 aliphatic carbocycles. The second-order valence-corrected chi connectivity index (χ2v) is 9.43. The number of hydrogen-bond donors (Lipinski definition) is 1. The SMILES string of the molecule is C=C(C)C(=O)OC12CC3CC4CC(C(C)(C)OC(=O)CC(=O)O)(C1)CC432. The minimum atomic E-state index is -1.19. The summed E-state index contributed by atoms with van der Waals surface area (Å²) in [7, 11) is 0. The van der Waals surface area contributed by atoms with Gasteiger partial charge in [0, 0.05) is 16.4 Å². The van der Waals surface area contributed by atoms with Crippen molar-refractivity contribution in [2.24, 2.45) is 22.7 Å². The first kappa shape index (κ1) is 17.6. The molecule has 0 heterocycles. The Morgan fingerprint density at radius 1 is 1.19 bits per heavy atom. The van der Waals surface area contributed by atoms with Gasteiger partial charge in [-0.25, -0.2) is 4.79 Å². The van der Waals surface area contributed by atoms with E-state index in [1.54, 1.807) is 6.92 Å². The van der Waals surface area contributed by atoms with Crippen molar-refractivity contribution in [3.05, 3.63) is 12.2 Å². The van der Waals surface area contributed by atoms with Crippen LogP contribution < -0.4 is 0 Å². The Bertz CT molecular complexity index is 739. The lowest BCUT2D eigenvalue weighted by Crippen LogP contribution is -2.72. The van der Waals surface area contributed by atoms with Crippen LogP contribution in [0.2, 0.25) is 0 Å². The molecule has 6 nitrogen and oxygen atoms in total. The summed E-state index contributed by atoms with van der Waals surface area (Å²) in [6.07, 6.45) is 3.90. The van der Waals surface area contributed by atoms with Crippen LogP contribution in [-0.2, 0) is 23.9 Å². The number of esters is 2. The number of rotatable bonds is 6. The van der Waals surface area contributed by atoms with Crippen LogP contribution in [0.25, 0.3) is 0 Å². The van der Waals surface area contributed by atoms with E-state index in [2.05, 4.69) is 6.58 Å². The quantitative estimate of drug-likeness (QED) is 0.444. The van der Waals surface area contributed by atoms with Gasteiger partial charge in [0.15, 0.2) is 0 Å². The Kier molecular flexibility index (Phi) is 3.31. The maximum absolute atomic E-state index is 12.3. The first-order valence-corrected chi connectivity index (χ1v) is 9.29. The third-order valence-corrected chi connectivity index (χ3v) is 7.92. The van der Waals surface area contributed by atoms with Crippen molar-refractivity contribution in [3.63, 3.8) is 0 Å². The Labute approximate surface area is 152 Å². The van der Waals surface area contributed by atoms with Crippen molar-refractivity contribution in [3.8, 4) is 0 Å². The summed E-state index contributed by atoms with van der Waals surface area (Å²) in [5.74, 6) is -1.17. The monoisotopic (exact) mass is 362 g/mol. The molecule has 2 bridgehead atoms. The third kappa shape index (κ3) is 1.90. The summed E-state index contributed by atoms with van der Waals surface area (Å²) in [4.78, 5) is 35.1. The van der Waals surface area contributed by atoms with E-state index in [1.807, 2.05) is 13.8 Å². The highest BCUT2D eigenvalue weighted by molar-refractivity contribution is 5.90. The highest BCUT2D eigenvalue weighted by Gasteiger charge is 2.88. The van der Waals surface area contributed by atoms with Crippen molar-refractivity contribution in [2.75, 3.05) is 0 Å². The fourth-order valence-electron chi connectivity index (χ4n) is 6.80. The van der Waals surface area contributed by atoms with Crippen LogP contribution in [0.15, 0.2) is 12.2 Å². The van der Waals surface area contributed by atoms with Crippen LogP contribution in [0.4, 0.5) is 0 Å². The molecule has 26 heavy (non-hydrogen) atoms. The maximum Gasteiger partial charge on any atom is 0.333 e. The number of aliphatic carboxylic acids is 1. The Balaban J connectivity index is 1.60. The smallest absolute Gasteiger partial charge is 0.333 e. The molecule has 0 aliphatic heterocycles. The van der Waals surface area contributed by atoms with E-state index in [0.29, 0.717) is 23.8 Å². The van der Waals surface area contributed by atoms with Gasteiger partial charge in [0.2, 0.25) is 0 Å². The number of hydrogen-bond acceptors (Lipinski definition) is 5. The van der Waals surface area contributed by atoms with E-state index in [9.17, 15) is 14.4 Å². The van der Waals surface area contributed by atoms with Gasteiger partial charge < -0.3 is 14.6 Å². The van der Waals surface area contributed by atoms with Gasteiger partial charge in [0.25, 0.3) is 0 Å². The standard InChI is InChI=1S/C20H26O6/c1-11(2)16(24)26-19-8-13-5-12-7-18(9-19,10-20(12,13)19)17(3,4)25-15(23)6-14(21)22/h12-13H,1,5-10H2,2-4H3,(H,21,22). The molecule has 5 atom stereocenters. The Hall–Kier alpha value is -1.85. The number of fused-ring (bicyclic) bond motifs is 1. The number of carboxylic acids is 1. The van der Waals surface area contributed by atoms with E-state index in [0.717, 1.165) is 25.7 Å². The molecular weight excluding hydrogens is 336 g/mol. The van der Waals surface area contributed by atoms with E-state index >= 15 is 0 Å². The number of carboxylic acid groups (broad SMARTS) is 1. The van der Waals surface area contributed by atoms with E-state index < -0.39 is 29.6 Å². The topological polar surface area (TPSA) is 89.9 Å². The summed E-state index contributed by atoms with van der Waals surface area (Å²) >= 11 is 0. The zero-order chi connectivity index (χ0) is 19.1. The molecule has 4 fully saturated rings. The first-order valence-electron chi connectivity index (χ1n) is 9.29. The molecule has 0 saturated heterocycles. The second kappa shape index (κ2) is 4.90. The second-order valence-electron chi connectivity index (χ2n) is 9.43. The fourth-order valence-corrected chi connectivity index (χ4v) is 6.80. The van der Waals surface area contributed by atoms with Crippen molar-refractivity contribution in [1.82, 2.24) is 0 Å². The normalized spacial score (nSPS) is 41.5. The van der Waals surface area contributed by atoms with E-state index in [1.165, 1.54) is 0 Å². The number of carbonyl (C=O) groups excluding carboxylic acids is 2. The molecule has 142 valence electrons. The average Bonchev–Trinajstić information content (AvgIpc) is 2.91. The lowest BCUT2D eigenvalue weighted by Gasteiger charge is -2.71. The average molecular weight is 362 g/mol. The van der Waals surface area contributed by atoms with Crippen molar-refractivity contribution >= 4 is 17.9 Å². The molecule has 0 aromatic rings. The van der Waals surface area contributed by atoms with Gasteiger partial charge in [-0.3, -0.25) is 9.59 Å². The maximum atomic E-state index is 12.3. The minimum absolute atomic E-state index is 0.0224. The van der Waals surface area contributed by atoms with Crippen LogP contribution in [0.5, 0.6) is 0 Å². The van der Waals surface area contributed by atoms with Crippen LogP contribution >= 0.6 is 0 Å². The summed E-state index contributed by atoms with van der Waals surface area (Å²) in [6, 6.07) is 0. The van der Waals surface area contributed by atoms with Gasteiger partial charge in [-0.15, -0.1) is 0 Å². The Morgan fingerprint density at radius 2 is 1.85 bits per heavy atom. The highest BCUT2D eigenvalue weighted by atomic mass is 16.6. The first-order chi connectivity index (χ1) is 12.0. The molecular formula is C20H26O6. The summed E-state index contributed by atoms with van der Waals surface area (Å²) in [6.45, 7) is 9.11. The highest BCUT2D eigenvalue weighted by Crippen LogP contribution is 2.88. The van der Waals surface area contributed by atoms with Gasteiger partial charge in [0.05, 0.1) is 0 Å². The summed E-state index contributed by atoms with van der Waals surface area (Å²) in [5, 5.41) is 8.84. The molecule has 4 aliphatic rings. The van der Waals surface area contributed by atoms with E-state index in [-0.39, 0.29) is 16.8 Å². The molecule has 4 saturated carbocycles. The van der Waals surface area contributed by atoms with Gasteiger partial charge in [0.1, 0.15) is 17.6 Å². The molecule has 1 spiro atoms. The zero-order valence-electron chi connectivity index (χ0n) is 15.6. The molecule has 5 unspecified atom stereocenters. The van der Waals surface area contributed by atoms with Crippen LogP contribution in [0.3, 0.4) is 0 Å². The minimum Gasteiger partial charge on any atom is -0.481 e. The predicted molar refractivity (Wildman–Crippen MR) is 91.0 cm³/mol. The van der Waals surface area contributed by atoms with Crippen LogP contribution in [0, 0.1) is 22.7 Å². The number of carbonyl (C=O) groups is 3. The van der Waals surface area contributed by atoms with Gasteiger partial charge in [-0.1, -0.05) is 6.58 Å².